The van der Waals surface area contributed by atoms with E-state index in [9.17, 15) is 28.0 Å². The molecule has 242 valence electrons. The summed E-state index contributed by atoms with van der Waals surface area (Å²) >= 11 is 0. The Bertz CT molecular complexity index is 1590. The number of ether oxygens (including phenoxy) is 2. The highest BCUT2D eigenvalue weighted by molar-refractivity contribution is 5.70. The Kier molecular flexibility index (Phi) is 9.62. The van der Waals surface area contributed by atoms with E-state index in [1.165, 1.54) is 6.07 Å². The van der Waals surface area contributed by atoms with Crippen molar-refractivity contribution >= 4 is 18.3 Å². The monoisotopic (exact) mass is 638 g/mol. The summed E-state index contributed by atoms with van der Waals surface area (Å²) in [5.41, 5.74) is -0.184. The molecule has 2 aliphatic rings. The molecular weight excluding hydrogens is 605 g/mol. The number of hydrogen-bond donors (Lipinski definition) is 0. The molecule has 2 fully saturated rings. The highest BCUT2D eigenvalue weighted by Gasteiger charge is 2.48. The molecule has 0 aliphatic carbocycles. The van der Waals surface area contributed by atoms with E-state index in [1.54, 1.807) is 35.5 Å². The number of carbonyl (C=O) groups is 2. The number of alkyl halides is 3. The third kappa shape index (κ3) is 6.69. The second kappa shape index (κ2) is 13.6. The van der Waals surface area contributed by atoms with Crippen LogP contribution in [0.25, 0.3) is 11.3 Å². The first kappa shape index (κ1) is 32.5. The molecule has 2 aromatic heterocycles. The number of amides is 1. The predicted molar refractivity (Wildman–Crippen MR) is 159 cm³/mol. The number of piperidine rings is 1. The molecule has 0 bridgehead atoms. The Morgan fingerprint density at radius 2 is 1.96 bits per heavy atom. The zero-order chi connectivity index (χ0) is 32.9. The fourth-order valence-corrected chi connectivity index (χ4v) is 6.01. The van der Waals surface area contributed by atoms with Gasteiger partial charge < -0.3 is 24.1 Å². The molecule has 3 aromatic rings. The van der Waals surface area contributed by atoms with Crippen molar-refractivity contribution in [3.8, 4) is 23.2 Å². The largest absolute Gasteiger partial charge is 0.477 e. The van der Waals surface area contributed by atoms with Gasteiger partial charge in [-0.25, -0.2) is 9.78 Å². The van der Waals surface area contributed by atoms with E-state index in [1.807, 2.05) is 31.0 Å². The summed E-state index contributed by atoms with van der Waals surface area (Å²) < 4.78 is 51.4. The average molecular weight is 639 g/mol. The maximum atomic E-state index is 13.7. The number of likely N-dealkylation sites (tertiary alicyclic amines) is 1. The van der Waals surface area contributed by atoms with E-state index in [0.29, 0.717) is 48.0 Å². The number of rotatable bonds is 9. The third-order valence-electron chi connectivity index (χ3n) is 8.32. The highest BCUT2D eigenvalue weighted by Crippen LogP contribution is 2.42. The molecule has 5 rings (SSSR count). The normalized spacial score (nSPS) is 18.0. The second-order valence-corrected chi connectivity index (χ2v) is 11.1. The van der Waals surface area contributed by atoms with Crippen molar-refractivity contribution in [3.05, 3.63) is 71.5 Å². The van der Waals surface area contributed by atoms with Crippen molar-refractivity contribution in [1.82, 2.24) is 19.9 Å². The van der Waals surface area contributed by atoms with Crippen molar-refractivity contribution in [2.24, 2.45) is 0 Å². The molecule has 1 amide bonds. The van der Waals surface area contributed by atoms with E-state index >= 15 is 0 Å². The number of nitrogens with zero attached hydrogens (tertiary/aromatic N) is 6. The lowest BCUT2D eigenvalue weighted by molar-refractivity contribution is -0.200. The molecule has 0 spiro atoms. The molecule has 0 saturated carbocycles. The summed E-state index contributed by atoms with van der Waals surface area (Å²) in [5.74, 6) is 0.411. The third-order valence-corrected chi connectivity index (χ3v) is 8.32. The second-order valence-electron chi connectivity index (χ2n) is 11.1. The number of hydrogen-bond acceptors (Lipinski definition) is 10. The Balaban J connectivity index is 1.50. The molecule has 2 aliphatic heterocycles. The number of carbonyl (C=O) groups excluding carboxylic acids is 2. The molecule has 11 nitrogen and oxygen atoms in total. The lowest BCUT2D eigenvalue weighted by atomic mass is 9.80. The summed E-state index contributed by atoms with van der Waals surface area (Å²) in [6.07, 6.45) is -1.68. The highest BCUT2D eigenvalue weighted by atomic mass is 19.4. The van der Waals surface area contributed by atoms with Gasteiger partial charge >= 0.3 is 18.7 Å². The number of halogens is 3. The van der Waals surface area contributed by atoms with Crippen LogP contribution in [-0.4, -0.2) is 78.4 Å². The van der Waals surface area contributed by atoms with Crippen molar-refractivity contribution < 1.29 is 37.1 Å². The smallest absolute Gasteiger partial charge is 0.444 e. The zero-order valence-corrected chi connectivity index (χ0v) is 25.4. The minimum atomic E-state index is -4.60. The molecule has 14 heteroatoms. The molecule has 4 heterocycles. The van der Waals surface area contributed by atoms with E-state index in [2.05, 4.69) is 9.97 Å². The average Bonchev–Trinajstić information content (AvgIpc) is 3.47. The summed E-state index contributed by atoms with van der Waals surface area (Å²) in [7, 11) is 1.91. The first-order chi connectivity index (χ1) is 22.1. The number of aromatic nitrogens is 2. The molecule has 1 aromatic carbocycles. The van der Waals surface area contributed by atoms with Gasteiger partial charge in [-0.15, -0.1) is 5.06 Å². The standard InChI is InChI=1S/C32H33F3N6O5/c1-3-44-29-26(5-4-13-37-29)27-8-6-24(19-38-27)31(41(45-21-42)30(43)46-25-10-14-39(2)20-25)11-15-40(16-12-31)28-9-7-23(32(33,34)35)17-22(28)18-36/h4-9,13,17,19,21,25H,3,10-12,14-16,20H2,1-2H3/t25-/m0/s1. The van der Waals surface area contributed by atoms with E-state index < -0.39 is 29.5 Å². The number of anilines is 1. The quantitative estimate of drug-likeness (QED) is 0.230. The maximum Gasteiger partial charge on any atom is 0.444 e. The van der Waals surface area contributed by atoms with Gasteiger partial charge in [0.1, 0.15) is 17.7 Å². The van der Waals surface area contributed by atoms with Crippen molar-refractivity contribution in [1.29, 1.82) is 5.26 Å². The van der Waals surface area contributed by atoms with Crippen LogP contribution in [0.15, 0.2) is 54.9 Å². The van der Waals surface area contributed by atoms with Crippen molar-refractivity contribution in [3.63, 3.8) is 0 Å². The fraction of sp³-hybridized carbons (Fsp3) is 0.406. The van der Waals surface area contributed by atoms with E-state index in [-0.39, 0.29) is 38.0 Å². The van der Waals surface area contributed by atoms with Gasteiger partial charge in [0.25, 0.3) is 0 Å². The van der Waals surface area contributed by atoms with Gasteiger partial charge in [-0.1, -0.05) is 6.07 Å². The lowest BCUT2D eigenvalue weighted by Crippen LogP contribution is -2.56. The van der Waals surface area contributed by atoms with Crippen LogP contribution in [0.5, 0.6) is 5.88 Å². The Hall–Kier alpha value is -4.90. The maximum absolute atomic E-state index is 13.7. The molecule has 1 atom stereocenters. The van der Waals surface area contributed by atoms with Gasteiger partial charge in [0.15, 0.2) is 0 Å². The van der Waals surface area contributed by atoms with Gasteiger partial charge in [-0.2, -0.15) is 18.4 Å². The van der Waals surface area contributed by atoms with Gasteiger partial charge in [0.05, 0.1) is 34.7 Å². The number of benzene rings is 1. The van der Waals surface area contributed by atoms with Crippen LogP contribution >= 0.6 is 0 Å². The van der Waals surface area contributed by atoms with Crippen LogP contribution in [0.2, 0.25) is 0 Å². The number of nitriles is 1. The first-order valence-corrected chi connectivity index (χ1v) is 14.8. The SMILES string of the molecule is CCOc1ncccc1-c1ccc(C2(N(OC=O)C(=O)O[C@H]3CCN(C)C3)CCN(c3ccc(C(F)(F)F)cc3C#N)CC2)cn1. The van der Waals surface area contributed by atoms with E-state index in [4.69, 9.17) is 14.3 Å². The Morgan fingerprint density at radius 3 is 2.57 bits per heavy atom. The van der Waals surface area contributed by atoms with Gasteiger partial charge in [0, 0.05) is 38.6 Å². The first-order valence-electron chi connectivity index (χ1n) is 14.8. The Labute approximate surface area is 264 Å². The van der Waals surface area contributed by atoms with Crippen molar-refractivity contribution in [2.45, 2.75) is 44.0 Å². The van der Waals surface area contributed by atoms with Crippen molar-refractivity contribution in [2.75, 3.05) is 44.7 Å². The summed E-state index contributed by atoms with van der Waals surface area (Å²) in [4.78, 5) is 43.5. The Morgan fingerprint density at radius 1 is 1.17 bits per heavy atom. The topological polar surface area (TPSA) is 121 Å². The fourth-order valence-electron chi connectivity index (χ4n) is 6.01. The summed E-state index contributed by atoms with van der Waals surface area (Å²) in [6, 6.07) is 12.0. The number of likely N-dealkylation sites (N-methyl/N-ethyl adjacent to an activating group) is 1. The van der Waals surface area contributed by atoms with Crippen LogP contribution in [-0.2, 0) is 26.1 Å². The minimum Gasteiger partial charge on any atom is -0.477 e. The van der Waals surface area contributed by atoms with E-state index in [0.717, 1.165) is 23.7 Å². The van der Waals surface area contributed by atoms with Crippen LogP contribution in [0, 0.1) is 11.3 Å². The summed E-state index contributed by atoms with van der Waals surface area (Å²) in [6.45, 7) is 4.09. The number of hydroxylamine groups is 2. The molecule has 0 N–H and O–H groups in total. The zero-order valence-electron chi connectivity index (χ0n) is 25.4. The lowest BCUT2D eigenvalue weighted by Gasteiger charge is -2.46. The molecule has 0 unspecified atom stereocenters. The molecule has 46 heavy (non-hydrogen) atoms. The van der Waals surface area contributed by atoms with Crippen LogP contribution < -0.4 is 9.64 Å². The van der Waals surface area contributed by atoms with Gasteiger partial charge in [0.2, 0.25) is 5.88 Å². The van der Waals surface area contributed by atoms with Crippen LogP contribution in [0.4, 0.5) is 23.7 Å². The van der Waals surface area contributed by atoms with Gasteiger partial charge in [-0.05, 0) is 75.2 Å². The molecule has 2 saturated heterocycles. The summed E-state index contributed by atoms with van der Waals surface area (Å²) in [5, 5.41) is 10.6. The van der Waals surface area contributed by atoms with Crippen LogP contribution in [0.1, 0.15) is 42.9 Å². The number of pyridine rings is 2. The van der Waals surface area contributed by atoms with Crippen LogP contribution in [0.3, 0.4) is 0 Å². The minimum absolute atomic E-state index is 0.124. The predicted octanol–water partition coefficient (Wildman–Crippen LogP) is 5.16. The molecular formula is C32H33F3N6O5. The molecule has 0 radical (unpaired) electrons. The van der Waals surface area contributed by atoms with Gasteiger partial charge in [-0.3, -0.25) is 9.78 Å².